The zero-order chi connectivity index (χ0) is 13.1. The minimum Gasteiger partial charge on any atom is -0.493 e. The van der Waals surface area contributed by atoms with Gasteiger partial charge in [-0.3, -0.25) is 4.79 Å². The molecule has 0 saturated heterocycles. The number of benzene rings is 1. The third kappa shape index (κ3) is 2.37. The lowest BCUT2D eigenvalue weighted by Crippen LogP contribution is -1.98. The van der Waals surface area contributed by atoms with Gasteiger partial charge in [-0.05, 0) is 25.1 Å². The zero-order valence-electron chi connectivity index (χ0n) is 10.5. The molecule has 1 aromatic carbocycles. The van der Waals surface area contributed by atoms with Gasteiger partial charge in [0.15, 0.2) is 16.9 Å². The number of aryl methyl sites for hydroxylation is 1. The molecule has 18 heavy (non-hydrogen) atoms. The molecular formula is C14H14O4. The smallest absolute Gasteiger partial charge is 0.185 e. The van der Waals surface area contributed by atoms with Crippen LogP contribution in [0.25, 0.3) is 11.3 Å². The van der Waals surface area contributed by atoms with E-state index < -0.39 is 0 Å². The van der Waals surface area contributed by atoms with Crippen molar-refractivity contribution < 1.29 is 13.9 Å². The summed E-state index contributed by atoms with van der Waals surface area (Å²) in [5.74, 6) is 2.32. The lowest BCUT2D eigenvalue weighted by molar-refractivity contribution is 0.355. The van der Waals surface area contributed by atoms with E-state index in [4.69, 9.17) is 13.9 Å². The molecule has 0 atom stereocenters. The molecule has 0 unspecified atom stereocenters. The lowest BCUT2D eigenvalue weighted by Gasteiger charge is -2.09. The fourth-order valence-electron chi connectivity index (χ4n) is 1.74. The molecule has 1 heterocycles. The van der Waals surface area contributed by atoms with Crippen LogP contribution in [-0.4, -0.2) is 14.2 Å². The summed E-state index contributed by atoms with van der Waals surface area (Å²) in [4.78, 5) is 11.4. The molecule has 0 saturated carbocycles. The van der Waals surface area contributed by atoms with Crippen molar-refractivity contribution in [2.75, 3.05) is 14.2 Å². The summed E-state index contributed by atoms with van der Waals surface area (Å²) >= 11 is 0. The van der Waals surface area contributed by atoms with Crippen molar-refractivity contribution in [2.24, 2.45) is 0 Å². The SMILES string of the molecule is COc1ccc(-c2cc(=O)cc(C)o2)cc1OC. The van der Waals surface area contributed by atoms with E-state index in [9.17, 15) is 4.79 Å². The van der Waals surface area contributed by atoms with Crippen LogP contribution in [0.5, 0.6) is 11.5 Å². The molecule has 0 aliphatic carbocycles. The minimum atomic E-state index is -0.0801. The molecule has 2 aromatic rings. The molecule has 0 aliphatic rings. The molecule has 0 N–H and O–H groups in total. The molecule has 0 amide bonds. The molecule has 4 heteroatoms. The molecule has 0 aliphatic heterocycles. The molecule has 0 fully saturated rings. The van der Waals surface area contributed by atoms with E-state index in [0.29, 0.717) is 23.0 Å². The highest BCUT2D eigenvalue weighted by Crippen LogP contribution is 2.31. The molecule has 94 valence electrons. The predicted molar refractivity (Wildman–Crippen MR) is 68.3 cm³/mol. The number of methoxy groups -OCH3 is 2. The van der Waals surface area contributed by atoms with Crippen LogP contribution in [0, 0.1) is 6.92 Å². The Morgan fingerprint density at radius 1 is 1.00 bits per heavy atom. The Morgan fingerprint density at radius 2 is 1.72 bits per heavy atom. The average molecular weight is 246 g/mol. The Labute approximate surface area is 105 Å². The van der Waals surface area contributed by atoms with Gasteiger partial charge in [-0.2, -0.15) is 0 Å². The first-order valence-corrected chi connectivity index (χ1v) is 5.48. The molecule has 0 spiro atoms. The highest BCUT2D eigenvalue weighted by molar-refractivity contribution is 5.62. The van der Waals surface area contributed by atoms with Gasteiger partial charge >= 0.3 is 0 Å². The molecule has 4 nitrogen and oxygen atoms in total. The Morgan fingerprint density at radius 3 is 2.33 bits per heavy atom. The quantitative estimate of drug-likeness (QED) is 0.835. The van der Waals surface area contributed by atoms with Crippen LogP contribution in [0.2, 0.25) is 0 Å². The summed E-state index contributed by atoms with van der Waals surface area (Å²) < 4.78 is 15.9. The molecular weight excluding hydrogens is 232 g/mol. The normalized spacial score (nSPS) is 10.2. The number of hydrogen-bond acceptors (Lipinski definition) is 4. The summed E-state index contributed by atoms with van der Waals surface area (Å²) in [5.41, 5.74) is 0.692. The Balaban J connectivity index is 2.54. The maximum atomic E-state index is 11.4. The standard InChI is InChI=1S/C14H14O4/c1-9-6-11(15)8-13(18-9)10-4-5-12(16-2)14(7-10)17-3/h4-8H,1-3H3. The highest BCUT2D eigenvalue weighted by atomic mass is 16.5. The van der Waals surface area contributed by atoms with Gasteiger partial charge in [-0.15, -0.1) is 0 Å². The maximum Gasteiger partial charge on any atom is 0.185 e. The predicted octanol–water partition coefficient (Wildman–Crippen LogP) is 2.63. The van der Waals surface area contributed by atoms with Crippen LogP contribution in [0.1, 0.15) is 5.76 Å². The summed E-state index contributed by atoms with van der Waals surface area (Å²) in [6.45, 7) is 1.74. The topological polar surface area (TPSA) is 48.7 Å². The van der Waals surface area contributed by atoms with Crippen molar-refractivity contribution in [2.45, 2.75) is 6.92 Å². The van der Waals surface area contributed by atoms with Crippen molar-refractivity contribution in [3.8, 4) is 22.8 Å². The summed E-state index contributed by atoms with van der Waals surface area (Å²) in [5, 5.41) is 0. The minimum absolute atomic E-state index is 0.0801. The Kier molecular flexibility index (Phi) is 3.37. The van der Waals surface area contributed by atoms with Crippen molar-refractivity contribution in [3.63, 3.8) is 0 Å². The van der Waals surface area contributed by atoms with Crippen molar-refractivity contribution >= 4 is 0 Å². The first-order valence-electron chi connectivity index (χ1n) is 5.48. The van der Waals surface area contributed by atoms with Gasteiger partial charge in [0.1, 0.15) is 11.5 Å². The Bertz CT molecular complexity index is 613. The van der Waals surface area contributed by atoms with Crippen molar-refractivity contribution in [3.05, 3.63) is 46.3 Å². The third-order valence-corrected chi connectivity index (χ3v) is 2.56. The summed E-state index contributed by atoms with van der Waals surface area (Å²) in [6, 6.07) is 8.27. The fourth-order valence-corrected chi connectivity index (χ4v) is 1.74. The van der Waals surface area contributed by atoms with Crippen LogP contribution < -0.4 is 14.9 Å². The Hall–Kier alpha value is -2.23. The van der Waals surface area contributed by atoms with Crippen molar-refractivity contribution in [1.29, 1.82) is 0 Å². The molecule has 2 rings (SSSR count). The van der Waals surface area contributed by atoms with Gasteiger partial charge in [0.2, 0.25) is 0 Å². The van der Waals surface area contributed by atoms with Crippen LogP contribution in [0.15, 0.2) is 39.5 Å². The van der Waals surface area contributed by atoms with E-state index >= 15 is 0 Å². The number of hydrogen-bond donors (Lipinski definition) is 0. The monoisotopic (exact) mass is 246 g/mol. The first-order chi connectivity index (χ1) is 8.63. The zero-order valence-corrected chi connectivity index (χ0v) is 10.5. The molecule has 0 radical (unpaired) electrons. The van der Waals surface area contributed by atoms with Gasteiger partial charge in [0.25, 0.3) is 0 Å². The number of rotatable bonds is 3. The van der Waals surface area contributed by atoms with Crippen LogP contribution in [0.4, 0.5) is 0 Å². The van der Waals surface area contributed by atoms with E-state index in [1.54, 1.807) is 33.3 Å². The van der Waals surface area contributed by atoms with E-state index in [-0.39, 0.29) is 5.43 Å². The molecule has 0 bridgehead atoms. The maximum absolute atomic E-state index is 11.4. The van der Waals surface area contributed by atoms with Gasteiger partial charge in [0, 0.05) is 17.7 Å². The second-order valence-corrected chi connectivity index (χ2v) is 3.84. The second-order valence-electron chi connectivity index (χ2n) is 3.84. The van der Waals surface area contributed by atoms with E-state index in [0.717, 1.165) is 5.56 Å². The van der Waals surface area contributed by atoms with Crippen LogP contribution in [0.3, 0.4) is 0 Å². The largest absolute Gasteiger partial charge is 0.493 e. The average Bonchev–Trinajstić information content (AvgIpc) is 2.36. The van der Waals surface area contributed by atoms with Gasteiger partial charge < -0.3 is 13.9 Å². The van der Waals surface area contributed by atoms with E-state index in [1.165, 1.54) is 12.1 Å². The highest BCUT2D eigenvalue weighted by Gasteiger charge is 2.08. The first kappa shape index (κ1) is 12.2. The lowest BCUT2D eigenvalue weighted by atomic mass is 10.1. The van der Waals surface area contributed by atoms with Gasteiger partial charge in [-0.25, -0.2) is 0 Å². The number of ether oxygens (including phenoxy) is 2. The molecule has 1 aromatic heterocycles. The van der Waals surface area contributed by atoms with Crippen LogP contribution in [-0.2, 0) is 0 Å². The van der Waals surface area contributed by atoms with E-state index in [1.807, 2.05) is 6.07 Å². The summed E-state index contributed by atoms with van der Waals surface area (Å²) in [7, 11) is 3.14. The fraction of sp³-hybridized carbons (Fsp3) is 0.214. The van der Waals surface area contributed by atoms with Gasteiger partial charge in [0.05, 0.1) is 14.2 Å². The third-order valence-electron chi connectivity index (χ3n) is 2.56. The van der Waals surface area contributed by atoms with Gasteiger partial charge in [-0.1, -0.05) is 0 Å². The van der Waals surface area contributed by atoms with Crippen LogP contribution >= 0.6 is 0 Å². The van der Waals surface area contributed by atoms with Crippen molar-refractivity contribution in [1.82, 2.24) is 0 Å². The second kappa shape index (κ2) is 4.96. The summed E-state index contributed by atoms with van der Waals surface area (Å²) in [6.07, 6.45) is 0. The van der Waals surface area contributed by atoms with E-state index in [2.05, 4.69) is 0 Å².